The summed E-state index contributed by atoms with van der Waals surface area (Å²) in [4.78, 5) is 21.9. The third-order valence-corrected chi connectivity index (χ3v) is 7.28. The number of carbonyl (C=O) groups is 1. The van der Waals surface area contributed by atoms with Crippen LogP contribution in [-0.2, 0) is 22.5 Å². The van der Waals surface area contributed by atoms with Crippen LogP contribution in [0, 0.1) is 0 Å². The van der Waals surface area contributed by atoms with E-state index in [0.29, 0.717) is 35.5 Å². The summed E-state index contributed by atoms with van der Waals surface area (Å²) in [6.07, 6.45) is -0.260. The first-order chi connectivity index (χ1) is 20.0. The maximum atomic E-state index is 14.0. The quantitative estimate of drug-likeness (QED) is 0.0751. The van der Waals surface area contributed by atoms with E-state index in [-0.39, 0.29) is 32.0 Å². The number of rotatable bonds is 14. The van der Waals surface area contributed by atoms with Crippen molar-refractivity contribution in [2.24, 2.45) is 10.1 Å². The molecule has 0 saturated heterocycles. The van der Waals surface area contributed by atoms with Crippen LogP contribution in [0.5, 0.6) is 5.75 Å². The number of benzene rings is 3. The molecule has 10 nitrogen and oxygen atoms in total. The fourth-order valence-electron chi connectivity index (χ4n) is 4.53. The third kappa shape index (κ3) is 7.22. The van der Waals surface area contributed by atoms with Crippen LogP contribution in [-0.4, -0.2) is 48.9 Å². The molecule has 1 aliphatic rings. The van der Waals surface area contributed by atoms with Crippen LogP contribution in [0.4, 0.5) is 4.39 Å². The third-order valence-electron chi connectivity index (χ3n) is 6.51. The normalized spacial score (nSPS) is 17.7. The largest absolute Gasteiger partial charge is 0.494 e. The fraction of sp³-hybridized carbons (Fsp3) is 0.310. The second-order valence-electron chi connectivity index (χ2n) is 9.21. The van der Waals surface area contributed by atoms with Gasteiger partial charge in [-0.3, -0.25) is 10.2 Å². The van der Waals surface area contributed by atoms with E-state index in [2.05, 4.69) is 36.8 Å². The number of aliphatic imine (C=N–C) groups is 1. The lowest BCUT2D eigenvalue weighted by Crippen LogP contribution is -2.54. The number of carbonyl (C=O) groups excluding carboxylic acids is 1. The van der Waals surface area contributed by atoms with Crippen molar-refractivity contribution in [1.82, 2.24) is 10.9 Å². The molecule has 0 unspecified atom stereocenters. The molecule has 0 spiro atoms. The molecule has 3 N–H and O–H groups in total. The van der Waals surface area contributed by atoms with Crippen LogP contribution in [0.3, 0.4) is 0 Å². The van der Waals surface area contributed by atoms with E-state index in [0.717, 1.165) is 10.0 Å². The number of azide groups is 1. The van der Waals surface area contributed by atoms with Gasteiger partial charge in [0.1, 0.15) is 12.4 Å². The summed E-state index contributed by atoms with van der Waals surface area (Å²) in [6.45, 7) is -0.294. The maximum absolute atomic E-state index is 14.0. The van der Waals surface area contributed by atoms with E-state index < -0.39 is 24.2 Å². The Hall–Kier alpha value is -3.96. The number of hydrazine groups is 1. The van der Waals surface area contributed by atoms with Gasteiger partial charge in [-0.15, -0.1) is 0 Å². The molecular weight excluding hydrogens is 595 g/mol. The molecular formula is C29H30BrFN6O4. The predicted molar refractivity (Wildman–Crippen MR) is 156 cm³/mol. The van der Waals surface area contributed by atoms with Gasteiger partial charge in [0.25, 0.3) is 5.91 Å². The van der Waals surface area contributed by atoms with Crippen LogP contribution in [0.2, 0.25) is 0 Å². The highest BCUT2D eigenvalue weighted by molar-refractivity contribution is 9.10. The molecule has 1 aliphatic heterocycles. The van der Waals surface area contributed by atoms with Crippen LogP contribution in [0.25, 0.3) is 10.4 Å². The molecule has 1 amide bonds. The van der Waals surface area contributed by atoms with Gasteiger partial charge in [-0.2, -0.15) is 0 Å². The molecule has 41 heavy (non-hydrogen) atoms. The van der Waals surface area contributed by atoms with Crippen molar-refractivity contribution in [3.63, 3.8) is 0 Å². The van der Waals surface area contributed by atoms with Crippen molar-refractivity contribution in [2.45, 2.75) is 31.0 Å². The smallest absolute Gasteiger partial charge is 0.266 e. The van der Waals surface area contributed by atoms with Crippen molar-refractivity contribution < 1.29 is 23.8 Å². The van der Waals surface area contributed by atoms with E-state index in [1.165, 1.54) is 0 Å². The molecule has 0 aliphatic carbocycles. The number of halogens is 2. The first-order valence-electron chi connectivity index (χ1n) is 13.0. The monoisotopic (exact) mass is 624 g/mol. The molecule has 2 atom stereocenters. The van der Waals surface area contributed by atoms with Gasteiger partial charge in [-0.05, 0) is 52.6 Å². The number of hydrogen-bond donors (Lipinski definition) is 3. The van der Waals surface area contributed by atoms with Crippen molar-refractivity contribution in [3.05, 3.63) is 110 Å². The standard InChI is InChI=1S/C29H30BrFN6O4/c30-25-9-4-2-6-21(25)18-29(28(39)36-33-15-14-31)26(24-8-3-1-7-22(24)19-34-37-32)41-27(35-29)20-10-12-23(13-11-20)40-17-5-16-38/h1-4,6-13,26,33,38H,5,14-19H2,(H,36,39)/t26-,29-/m0/s1. The SMILES string of the molecule is [N-]=[N+]=NCc1ccccc1[C@@H]1OC(c2ccc(OCCCO)cc2)=N[C@]1(Cc1ccccc1Br)C(=O)NNCCF. The Morgan fingerprint density at radius 3 is 2.59 bits per heavy atom. The van der Waals surface area contributed by atoms with Crippen LogP contribution >= 0.6 is 15.9 Å². The number of aliphatic hydroxyl groups excluding tert-OH is 1. The van der Waals surface area contributed by atoms with Gasteiger partial charge in [0, 0.05) is 40.9 Å². The van der Waals surface area contributed by atoms with E-state index in [9.17, 15) is 9.18 Å². The zero-order valence-electron chi connectivity index (χ0n) is 22.2. The lowest BCUT2D eigenvalue weighted by Gasteiger charge is -2.32. The van der Waals surface area contributed by atoms with E-state index in [1.807, 2.05) is 48.5 Å². The highest BCUT2D eigenvalue weighted by Gasteiger charge is 2.54. The first-order valence-corrected chi connectivity index (χ1v) is 13.8. The molecule has 0 aromatic heterocycles. The Labute approximate surface area is 245 Å². The summed E-state index contributed by atoms with van der Waals surface area (Å²) < 4.78 is 25.9. The highest BCUT2D eigenvalue weighted by Crippen LogP contribution is 2.44. The van der Waals surface area contributed by atoms with Crippen molar-refractivity contribution >= 4 is 27.7 Å². The molecule has 0 bridgehead atoms. The topological polar surface area (TPSA) is 141 Å². The number of nitrogens with zero attached hydrogens (tertiary/aromatic N) is 4. The average Bonchev–Trinajstić information content (AvgIpc) is 3.38. The highest BCUT2D eigenvalue weighted by atomic mass is 79.9. The Morgan fingerprint density at radius 1 is 1.15 bits per heavy atom. The van der Waals surface area contributed by atoms with Gasteiger partial charge < -0.3 is 14.6 Å². The van der Waals surface area contributed by atoms with Crippen molar-refractivity contribution in [1.29, 1.82) is 0 Å². The van der Waals surface area contributed by atoms with Gasteiger partial charge in [-0.1, -0.05) is 63.5 Å². The minimum atomic E-state index is -1.52. The zero-order valence-corrected chi connectivity index (χ0v) is 23.8. The maximum Gasteiger partial charge on any atom is 0.266 e. The molecule has 3 aromatic carbocycles. The van der Waals surface area contributed by atoms with Crippen molar-refractivity contribution in [2.75, 3.05) is 26.4 Å². The van der Waals surface area contributed by atoms with Crippen molar-refractivity contribution in [3.8, 4) is 5.75 Å². The number of amides is 1. The lowest BCUT2D eigenvalue weighted by atomic mass is 9.80. The Bertz CT molecular complexity index is 1420. The van der Waals surface area contributed by atoms with E-state index in [4.69, 9.17) is 25.1 Å². The van der Waals surface area contributed by atoms with Gasteiger partial charge >= 0.3 is 0 Å². The van der Waals surface area contributed by atoms with Crippen LogP contribution in [0.15, 0.2) is 87.4 Å². The molecule has 0 fully saturated rings. The van der Waals surface area contributed by atoms with E-state index in [1.54, 1.807) is 24.3 Å². The minimum Gasteiger partial charge on any atom is -0.494 e. The average molecular weight is 625 g/mol. The van der Waals surface area contributed by atoms with Gasteiger partial charge in [0.05, 0.1) is 13.2 Å². The summed E-state index contributed by atoms with van der Waals surface area (Å²) in [5.41, 5.74) is 15.5. The second-order valence-corrected chi connectivity index (χ2v) is 10.1. The first kappa shape index (κ1) is 30.0. The molecule has 1 heterocycles. The number of alkyl halides is 1. The molecule has 4 rings (SSSR count). The summed E-state index contributed by atoms with van der Waals surface area (Å²) in [6, 6.07) is 21.9. The number of nitrogens with one attached hydrogen (secondary N) is 2. The lowest BCUT2D eigenvalue weighted by molar-refractivity contribution is -0.130. The Balaban J connectivity index is 1.83. The molecule has 12 heteroatoms. The Kier molecular flexibility index (Phi) is 10.7. The molecule has 3 aromatic rings. The van der Waals surface area contributed by atoms with Gasteiger partial charge in [-0.25, -0.2) is 14.8 Å². The summed E-state index contributed by atoms with van der Waals surface area (Å²) >= 11 is 3.59. The van der Waals surface area contributed by atoms with Gasteiger partial charge in [0.2, 0.25) is 5.90 Å². The second kappa shape index (κ2) is 14.6. The summed E-state index contributed by atoms with van der Waals surface area (Å²) in [5, 5.41) is 12.7. The van der Waals surface area contributed by atoms with Gasteiger partial charge in [0.15, 0.2) is 11.6 Å². The summed E-state index contributed by atoms with van der Waals surface area (Å²) in [5.74, 6) is 0.345. The summed E-state index contributed by atoms with van der Waals surface area (Å²) in [7, 11) is 0. The van der Waals surface area contributed by atoms with Crippen LogP contribution in [0.1, 0.15) is 34.8 Å². The number of ether oxygens (including phenoxy) is 2. The number of hydrogen-bond acceptors (Lipinski definition) is 7. The van der Waals surface area contributed by atoms with Crippen LogP contribution < -0.4 is 15.6 Å². The molecule has 214 valence electrons. The fourth-order valence-corrected chi connectivity index (χ4v) is 4.96. The number of aliphatic hydroxyl groups is 1. The van der Waals surface area contributed by atoms with E-state index >= 15 is 0 Å². The molecule has 0 radical (unpaired) electrons. The Morgan fingerprint density at radius 2 is 1.88 bits per heavy atom. The minimum absolute atomic E-state index is 0.0349. The zero-order chi connectivity index (χ0) is 29.1. The predicted octanol–water partition coefficient (Wildman–Crippen LogP) is 5.11. The molecule has 0 saturated carbocycles.